The van der Waals surface area contributed by atoms with E-state index in [0.717, 1.165) is 22.5 Å². The van der Waals surface area contributed by atoms with Gasteiger partial charge in [-0.15, -0.1) is 0 Å². The van der Waals surface area contributed by atoms with E-state index in [0.29, 0.717) is 18.9 Å². The zero-order valence-electron chi connectivity index (χ0n) is 17.1. The topological polar surface area (TPSA) is 96.4 Å². The van der Waals surface area contributed by atoms with Crippen LogP contribution in [-0.2, 0) is 15.5 Å². The lowest BCUT2D eigenvalue weighted by Gasteiger charge is -2.24. The van der Waals surface area contributed by atoms with Gasteiger partial charge < -0.3 is 14.9 Å². The number of phenols is 1. The van der Waals surface area contributed by atoms with Crippen LogP contribution in [-0.4, -0.2) is 39.4 Å². The van der Waals surface area contributed by atoms with Gasteiger partial charge in [-0.05, 0) is 64.3 Å². The van der Waals surface area contributed by atoms with Gasteiger partial charge in [0.15, 0.2) is 0 Å². The zero-order valence-corrected chi connectivity index (χ0v) is 18.0. The molecular formula is C20H29N4O3P. The fraction of sp³-hybridized carbons (Fsp3) is 0.500. The van der Waals surface area contributed by atoms with Crippen LogP contribution in [0.3, 0.4) is 0 Å². The lowest BCUT2D eigenvalue weighted by molar-refractivity contribution is 0.235. The Morgan fingerprint density at radius 2 is 1.89 bits per heavy atom. The van der Waals surface area contributed by atoms with Crippen molar-refractivity contribution >= 4 is 13.5 Å². The van der Waals surface area contributed by atoms with Crippen molar-refractivity contribution in [2.75, 3.05) is 11.9 Å². The lowest BCUT2D eigenvalue weighted by atomic mass is 10.1. The van der Waals surface area contributed by atoms with Crippen LogP contribution in [0, 0.1) is 20.8 Å². The van der Waals surface area contributed by atoms with Gasteiger partial charge in [-0.1, -0.05) is 12.1 Å². The van der Waals surface area contributed by atoms with Crippen molar-refractivity contribution in [3.63, 3.8) is 0 Å². The first-order chi connectivity index (χ1) is 13.2. The summed E-state index contributed by atoms with van der Waals surface area (Å²) in [6, 6.07) is 7.39. The molecule has 1 fully saturated rings. The Balaban J connectivity index is 1.83. The second-order valence-corrected chi connectivity index (χ2v) is 10.1. The van der Waals surface area contributed by atoms with Gasteiger partial charge in [0.1, 0.15) is 5.75 Å². The van der Waals surface area contributed by atoms with Crippen LogP contribution < -0.4 is 10.4 Å². The molecular weight excluding hydrogens is 375 g/mol. The van der Waals surface area contributed by atoms with Crippen LogP contribution in [0.2, 0.25) is 0 Å². The number of aryl methyl sites for hydroxylation is 3. The summed E-state index contributed by atoms with van der Waals surface area (Å²) >= 11 is 0. The Kier molecular flexibility index (Phi) is 6.08. The minimum absolute atomic E-state index is 0.0207. The molecule has 28 heavy (non-hydrogen) atoms. The summed E-state index contributed by atoms with van der Waals surface area (Å²) in [5.74, 6) is 0.780. The Hall–Kier alpha value is -1.95. The highest BCUT2D eigenvalue weighted by Gasteiger charge is 2.44. The SMILES string of the molecule is Cc1cc(C)nc(NCC(Cc2ccc(O)c(C)c2)P2(=O)N[C@@H](C)[C@H](C)O2)n1. The molecule has 0 spiro atoms. The van der Waals surface area contributed by atoms with E-state index in [4.69, 9.17) is 4.52 Å². The summed E-state index contributed by atoms with van der Waals surface area (Å²) in [5.41, 5.74) is 3.25. The lowest BCUT2D eigenvalue weighted by Crippen LogP contribution is -2.29. The van der Waals surface area contributed by atoms with Gasteiger partial charge in [0.05, 0.1) is 11.8 Å². The van der Waals surface area contributed by atoms with Gasteiger partial charge in [0.2, 0.25) is 5.95 Å². The molecule has 1 aromatic heterocycles. The van der Waals surface area contributed by atoms with Crippen LogP contribution in [0.25, 0.3) is 0 Å². The molecule has 2 aromatic rings. The number of nitrogens with one attached hydrogen (secondary N) is 2. The standard InChI is InChI=1S/C20H29N4O3P/c1-12-8-17(6-7-19(12)25)10-18(28(26)24-15(4)16(5)27-28)11-21-20-22-13(2)9-14(3)23-20/h6-9,15-16,18,25H,10-11H2,1-5H3,(H,24,26)(H,21,22,23)/t15-,16-,18?,28?/m0/s1. The van der Waals surface area contributed by atoms with Crippen molar-refractivity contribution in [1.82, 2.24) is 15.1 Å². The summed E-state index contributed by atoms with van der Waals surface area (Å²) in [4.78, 5) is 8.82. The molecule has 1 aliphatic heterocycles. The van der Waals surface area contributed by atoms with E-state index in [1.807, 2.05) is 52.8 Å². The van der Waals surface area contributed by atoms with Gasteiger partial charge in [-0.3, -0.25) is 4.57 Å². The molecule has 3 rings (SSSR count). The average Bonchev–Trinajstić information content (AvgIpc) is 2.87. The van der Waals surface area contributed by atoms with E-state index in [2.05, 4.69) is 20.4 Å². The summed E-state index contributed by atoms with van der Waals surface area (Å²) in [7, 11) is -3.08. The third-order valence-corrected chi connectivity index (χ3v) is 7.84. The largest absolute Gasteiger partial charge is 0.508 e. The second kappa shape index (κ2) is 8.19. The predicted octanol–water partition coefficient (Wildman–Crippen LogP) is 3.72. The maximum absolute atomic E-state index is 13.6. The molecule has 3 N–H and O–H groups in total. The van der Waals surface area contributed by atoms with Crippen LogP contribution in [0.5, 0.6) is 5.75 Å². The number of rotatable bonds is 6. The number of nitrogens with zero attached hydrogens (tertiary/aromatic N) is 2. The van der Waals surface area contributed by atoms with Crippen LogP contribution in [0.15, 0.2) is 24.3 Å². The quantitative estimate of drug-likeness (QED) is 0.632. The van der Waals surface area contributed by atoms with E-state index in [1.54, 1.807) is 6.07 Å². The smallest absolute Gasteiger partial charge is 0.275 e. The number of aromatic hydroxyl groups is 1. The Morgan fingerprint density at radius 3 is 2.46 bits per heavy atom. The van der Waals surface area contributed by atoms with E-state index in [-0.39, 0.29) is 23.6 Å². The fourth-order valence-corrected chi connectivity index (χ4v) is 6.07. The van der Waals surface area contributed by atoms with Crippen molar-refractivity contribution in [2.45, 2.75) is 58.8 Å². The van der Waals surface area contributed by atoms with Crippen LogP contribution >= 0.6 is 7.52 Å². The number of hydrogen-bond acceptors (Lipinski definition) is 6. The first-order valence-corrected chi connectivity index (χ1v) is 11.3. The average molecular weight is 404 g/mol. The number of benzene rings is 1. The molecule has 0 aliphatic carbocycles. The highest BCUT2D eigenvalue weighted by molar-refractivity contribution is 7.58. The molecule has 152 valence electrons. The second-order valence-electron chi connectivity index (χ2n) is 7.66. The van der Waals surface area contributed by atoms with Gasteiger partial charge in [-0.2, -0.15) is 0 Å². The van der Waals surface area contributed by atoms with Crippen molar-refractivity contribution in [3.05, 3.63) is 46.8 Å². The molecule has 7 nitrogen and oxygen atoms in total. The first-order valence-electron chi connectivity index (χ1n) is 9.57. The van der Waals surface area contributed by atoms with Crippen molar-refractivity contribution in [2.24, 2.45) is 0 Å². The van der Waals surface area contributed by atoms with Gasteiger partial charge in [0.25, 0.3) is 7.52 Å². The molecule has 4 atom stereocenters. The molecule has 0 amide bonds. The van der Waals surface area contributed by atoms with Crippen LogP contribution in [0.1, 0.15) is 36.4 Å². The zero-order chi connectivity index (χ0) is 20.5. The summed E-state index contributed by atoms with van der Waals surface area (Å²) in [5, 5.41) is 16.2. The molecule has 1 aliphatic rings. The van der Waals surface area contributed by atoms with E-state index >= 15 is 0 Å². The Morgan fingerprint density at radius 1 is 1.21 bits per heavy atom. The van der Waals surface area contributed by atoms with Gasteiger partial charge in [-0.25, -0.2) is 15.1 Å². The third-order valence-electron chi connectivity index (χ3n) is 5.10. The number of aromatic nitrogens is 2. The van der Waals surface area contributed by atoms with Crippen molar-refractivity contribution in [3.8, 4) is 5.75 Å². The predicted molar refractivity (Wildman–Crippen MR) is 111 cm³/mol. The fourth-order valence-electron chi connectivity index (χ4n) is 3.39. The van der Waals surface area contributed by atoms with E-state index in [9.17, 15) is 9.67 Å². The third kappa shape index (κ3) is 4.72. The van der Waals surface area contributed by atoms with Crippen molar-refractivity contribution in [1.29, 1.82) is 0 Å². The van der Waals surface area contributed by atoms with Gasteiger partial charge in [0, 0.05) is 24.0 Å². The van der Waals surface area contributed by atoms with E-state index in [1.165, 1.54) is 0 Å². The normalized spacial score (nSPS) is 25.6. The summed E-state index contributed by atoms with van der Waals surface area (Å²) in [6.07, 6.45) is 0.426. The maximum atomic E-state index is 13.6. The van der Waals surface area contributed by atoms with Crippen molar-refractivity contribution < 1.29 is 14.2 Å². The highest BCUT2D eigenvalue weighted by Crippen LogP contribution is 2.55. The molecule has 2 unspecified atom stereocenters. The first kappa shape index (κ1) is 20.8. The molecule has 0 bridgehead atoms. The summed E-state index contributed by atoms with van der Waals surface area (Å²) < 4.78 is 19.5. The number of anilines is 1. The van der Waals surface area contributed by atoms with Gasteiger partial charge >= 0.3 is 0 Å². The molecule has 0 radical (unpaired) electrons. The molecule has 0 saturated carbocycles. The molecule has 2 heterocycles. The highest BCUT2D eigenvalue weighted by atomic mass is 31.2. The Labute approximate surface area is 166 Å². The molecule has 1 saturated heterocycles. The number of hydrogen-bond donors (Lipinski definition) is 3. The minimum atomic E-state index is -3.08. The maximum Gasteiger partial charge on any atom is 0.275 e. The minimum Gasteiger partial charge on any atom is -0.508 e. The Bertz CT molecular complexity index is 871. The molecule has 1 aromatic carbocycles. The molecule has 8 heteroatoms. The van der Waals surface area contributed by atoms with E-state index < -0.39 is 7.52 Å². The number of phenolic OH excluding ortho intramolecular Hbond substituents is 1. The monoisotopic (exact) mass is 404 g/mol. The summed E-state index contributed by atoms with van der Waals surface area (Å²) in [6.45, 7) is 10.0. The van der Waals surface area contributed by atoms with Crippen LogP contribution in [0.4, 0.5) is 5.95 Å².